The van der Waals surface area contributed by atoms with Crippen LogP contribution in [0.5, 0.6) is 11.5 Å². The molecule has 0 aliphatic carbocycles. The first-order valence-electron chi connectivity index (χ1n) is 17.1. The van der Waals surface area contributed by atoms with Crippen molar-refractivity contribution < 1.29 is 28.5 Å². The minimum absolute atomic E-state index is 0.155. The Morgan fingerprint density at radius 1 is 0.887 bits per heavy atom. The van der Waals surface area contributed by atoms with Gasteiger partial charge >= 0.3 is 6.03 Å². The number of nitrogens with zero attached hydrogens (tertiary/aromatic N) is 3. The molecule has 0 aliphatic heterocycles. The van der Waals surface area contributed by atoms with E-state index in [1.807, 2.05) is 30.3 Å². The van der Waals surface area contributed by atoms with Gasteiger partial charge in [0.05, 0.1) is 44.4 Å². The summed E-state index contributed by atoms with van der Waals surface area (Å²) in [5, 5.41) is 18.1. The Morgan fingerprint density at radius 2 is 1.64 bits per heavy atom. The van der Waals surface area contributed by atoms with Crippen molar-refractivity contribution in [3.8, 4) is 23.8 Å². The van der Waals surface area contributed by atoms with Crippen LogP contribution in [-0.2, 0) is 26.7 Å². The van der Waals surface area contributed by atoms with E-state index in [9.17, 15) is 9.59 Å². The van der Waals surface area contributed by atoms with Gasteiger partial charge in [-0.3, -0.25) is 14.8 Å². The smallest absolute Gasteiger partial charge is 0.324 e. The van der Waals surface area contributed by atoms with E-state index >= 15 is 0 Å². The number of terminal acetylenes is 1. The van der Waals surface area contributed by atoms with Crippen LogP contribution in [0.4, 0.5) is 27.8 Å². The zero-order valence-corrected chi connectivity index (χ0v) is 30.6. The van der Waals surface area contributed by atoms with E-state index in [0.29, 0.717) is 85.2 Å². The third-order valence-electron chi connectivity index (χ3n) is 7.95. The van der Waals surface area contributed by atoms with E-state index in [1.165, 1.54) is 0 Å². The lowest BCUT2D eigenvalue weighted by Gasteiger charge is -2.15. The minimum atomic E-state index is -0.392. The topological polar surface area (TPSA) is 150 Å². The van der Waals surface area contributed by atoms with Crippen molar-refractivity contribution in [1.82, 2.24) is 20.1 Å². The van der Waals surface area contributed by atoms with Crippen LogP contribution in [-0.4, -0.2) is 73.4 Å². The van der Waals surface area contributed by atoms with Crippen LogP contribution in [0.2, 0.25) is 0 Å². The lowest BCUT2D eigenvalue weighted by molar-refractivity contribution is 0.0255. The highest BCUT2D eigenvalue weighted by molar-refractivity contribution is 6.07. The van der Waals surface area contributed by atoms with Crippen LogP contribution in [0, 0.1) is 12.3 Å². The Balaban J connectivity index is 1.23. The number of amides is 3. The van der Waals surface area contributed by atoms with Crippen molar-refractivity contribution in [3.05, 3.63) is 95.8 Å². The average Bonchev–Trinajstić information content (AvgIpc) is 3.52. The molecule has 0 saturated heterocycles. The fourth-order valence-corrected chi connectivity index (χ4v) is 5.23. The summed E-state index contributed by atoms with van der Waals surface area (Å²) in [4.78, 5) is 30.4. The molecule has 4 N–H and O–H groups in total. The number of methoxy groups -OCH3 is 1. The number of carbonyl (C=O) groups is 2. The van der Waals surface area contributed by atoms with Crippen molar-refractivity contribution in [2.24, 2.45) is 7.05 Å². The summed E-state index contributed by atoms with van der Waals surface area (Å²) in [5.74, 6) is 4.49. The molecule has 2 heterocycles. The first-order chi connectivity index (χ1) is 25.5. The average molecular weight is 720 g/mol. The summed E-state index contributed by atoms with van der Waals surface area (Å²) in [7, 11) is 3.41. The third-order valence-corrected chi connectivity index (χ3v) is 7.95. The SMILES string of the molecule is C#Cc1cc(Nc2cc(Oc3ccc(NC(=O)Nc4cc(C(C)(C)C)nn4C)c4ccccc34)ccn2)cc(C(=O)NCCOCCOCCOC)c1. The molecule has 2 aromatic heterocycles. The highest BCUT2D eigenvalue weighted by Gasteiger charge is 2.20. The van der Waals surface area contributed by atoms with Gasteiger partial charge in [-0.25, -0.2) is 9.78 Å². The normalized spacial score (nSPS) is 11.2. The molecule has 0 atom stereocenters. The maximum atomic E-state index is 13.1. The highest BCUT2D eigenvalue weighted by Crippen LogP contribution is 2.35. The lowest BCUT2D eigenvalue weighted by atomic mass is 9.92. The van der Waals surface area contributed by atoms with Gasteiger partial charge in [0.25, 0.3) is 5.91 Å². The molecule has 53 heavy (non-hydrogen) atoms. The van der Waals surface area contributed by atoms with Crippen LogP contribution < -0.4 is 26.0 Å². The van der Waals surface area contributed by atoms with Gasteiger partial charge in [0.1, 0.15) is 23.1 Å². The Labute approximate surface area is 309 Å². The summed E-state index contributed by atoms with van der Waals surface area (Å²) >= 11 is 0. The minimum Gasteiger partial charge on any atom is -0.457 e. The molecule has 13 nitrogen and oxygen atoms in total. The molecule has 0 unspecified atom stereocenters. The predicted molar refractivity (Wildman–Crippen MR) is 206 cm³/mol. The number of benzene rings is 3. The van der Waals surface area contributed by atoms with E-state index in [4.69, 9.17) is 25.4 Å². The molecule has 13 heteroatoms. The number of fused-ring (bicyclic) bond motifs is 1. The van der Waals surface area contributed by atoms with Crippen LogP contribution in [0.1, 0.15) is 42.4 Å². The largest absolute Gasteiger partial charge is 0.457 e. The lowest BCUT2D eigenvalue weighted by Crippen LogP contribution is -2.27. The fraction of sp³-hybridized carbons (Fsp3) is 0.300. The van der Waals surface area contributed by atoms with Crippen molar-refractivity contribution in [2.45, 2.75) is 26.2 Å². The zero-order valence-electron chi connectivity index (χ0n) is 30.6. The number of ether oxygens (including phenoxy) is 4. The van der Waals surface area contributed by atoms with Gasteiger partial charge in [-0.2, -0.15) is 5.10 Å². The van der Waals surface area contributed by atoms with Crippen molar-refractivity contribution in [1.29, 1.82) is 0 Å². The van der Waals surface area contributed by atoms with Crippen molar-refractivity contribution in [2.75, 3.05) is 62.6 Å². The number of hydrogen-bond acceptors (Lipinski definition) is 9. The summed E-state index contributed by atoms with van der Waals surface area (Å²) in [6.45, 7) is 8.77. The van der Waals surface area contributed by atoms with Crippen LogP contribution in [0.3, 0.4) is 0 Å². The second kappa shape index (κ2) is 18.0. The standard InChI is InChI=1S/C40H45N7O6/c1-7-27-22-28(38(48)42-16-17-51-20-21-52-19-18-50-6)24-29(23-27)43-36-25-30(14-15-41-36)53-34-13-12-33(31-10-8-9-11-32(31)34)44-39(49)45-37-26-35(40(2,3)4)46-47(37)5/h1,8-15,22-26H,16-21H2,2-6H3,(H,41,43)(H,42,48)(H2,44,45,49). The Kier molecular flexibility index (Phi) is 13.0. The molecule has 0 radical (unpaired) electrons. The number of hydrogen-bond donors (Lipinski definition) is 4. The second-order valence-electron chi connectivity index (χ2n) is 13.0. The predicted octanol–water partition coefficient (Wildman–Crippen LogP) is 6.84. The van der Waals surface area contributed by atoms with E-state index in [2.05, 4.69) is 58.0 Å². The van der Waals surface area contributed by atoms with Gasteiger partial charge in [0.15, 0.2) is 0 Å². The van der Waals surface area contributed by atoms with E-state index in [0.717, 1.165) is 16.5 Å². The first kappa shape index (κ1) is 38.3. The number of pyridine rings is 1. The maximum Gasteiger partial charge on any atom is 0.324 e. The van der Waals surface area contributed by atoms with E-state index < -0.39 is 6.03 Å². The molecule has 0 fully saturated rings. The van der Waals surface area contributed by atoms with Gasteiger partial charge in [-0.05, 0) is 36.4 Å². The van der Waals surface area contributed by atoms with Crippen LogP contribution in [0.15, 0.2) is 79.0 Å². The third kappa shape index (κ3) is 10.8. The number of nitrogens with one attached hydrogen (secondary N) is 4. The number of urea groups is 1. The number of aryl methyl sites for hydroxylation is 1. The number of aromatic nitrogens is 3. The van der Waals surface area contributed by atoms with Crippen LogP contribution in [0.25, 0.3) is 10.8 Å². The molecule has 0 aliphatic rings. The Morgan fingerprint density at radius 3 is 2.38 bits per heavy atom. The molecule has 0 saturated carbocycles. The highest BCUT2D eigenvalue weighted by atomic mass is 16.5. The second-order valence-corrected chi connectivity index (χ2v) is 13.0. The zero-order chi connectivity index (χ0) is 37.8. The Hall–Kier alpha value is -5.94. The summed E-state index contributed by atoms with van der Waals surface area (Å²) in [6.07, 6.45) is 7.33. The quantitative estimate of drug-likeness (QED) is 0.0636. The fourth-order valence-electron chi connectivity index (χ4n) is 5.23. The molecular weight excluding hydrogens is 674 g/mol. The van der Waals surface area contributed by atoms with Gasteiger partial charge in [-0.1, -0.05) is 51.0 Å². The molecule has 5 rings (SSSR count). The van der Waals surface area contributed by atoms with Gasteiger partial charge in [0, 0.05) is 72.0 Å². The van der Waals surface area contributed by atoms with Gasteiger partial charge in [0.2, 0.25) is 0 Å². The number of anilines is 4. The molecule has 0 bridgehead atoms. The number of carbonyl (C=O) groups excluding carboxylic acids is 2. The summed E-state index contributed by atoms with van der Waals surface area (Å²) in [6, 6.07) is 21.3. The first-order valence-corrected chi connectivity index (χ1v) is 17.1. The molecule has 3 amide bonds. The molecule has 3 aromatic carbocycles. The number of rotatable bonds is 16. The van der Waals surface area contributed by atoms with Gasteiger partial charge < -0.3 is 34.9 Å². The summed E-state index contributed by atoms with van der Waals surface area (Å²) < 4.78 is 23.8. The molecule has 5 aromatic rings. The van der Waals surface area contributed by atoms with E-state index in [1.54, 1.807) is 67.5 Å². The summed E-state index contributed by atoms with van der Waals surface area (Å²) in [5.41, 5.74) is 2.84. The molecule has 276 valence electrons. The van der Waals surface area contributed by atoms with Gasteiger partial charge in [-0.15, -0.1) is 6.42 Å². The van der Waals surface area contributed by atoms with Crippen molar-refractivity contribution in [3.63, 3.8) is 0 Å². The Bertz CT molecular complexity index is 2080. The van der Waals surface area contributed by atoms with Crippen molar-refractivity contribution >= 4 is 45.7 Å². The monoisotopic (exact) mass is 719 g/mol. The van der Waals surface area contributed by atoms with Crippen LogP contribution >= 0.6 is 0 Å². The molecule has 0 spiro atoms. The maximum absolute atomic E-state index is 13.1. The van der Waals surface area contributed by atoms with E-state index in [-0.39, 0.29) is 11.3 Å². The molecular formula is C40H45N7O6.